The first kappa shape index (κ1) is 15.7. The van der Waals surface area contributed by atoms with Gasteiger partial charge < -0.3 is 14.6 Å². The van der Waals surface area contributed by atoms with Crippen molar-refractivity contribution in [2.45, 2.75) is 37.8 Å². The number of carboxylic acid groups (broad SMARTS) is 1. The van der Waals surface area contributed by atoms with Gasteiger partial charge in [0.2, 0.25) is 0 Å². The molecule has 2 atom stereocenters. The van der Waals surface area contributed by atoms with Gasteiger partial charge in [-0.2, -0.15) is 0 Å². The van der Waals surface area contributed by atoms with Gasteiger partial charge in [-0.3, -0.25) is 4.90 Å². The molecule has 0 aromatic heterocycles. The molecule has 1 aliphatic heterocycles. The van der Waals surface area contributed by atoms with Crippen molar-refractivity contribution >= 4 is 23.8 Å². The second-order valence-corrected chi connectivity index (χ2v) is 6.93. The summed E-state index contributed by atoms with van der Waals surface area (Å²) in [5, 5.41) is 10.9. The number of ether oxygens (including phenoxy) is 1. The molecule has 1 aromatic carbocycles. The van der Waals surface area contributed by atoms with Gasteiger partial charge in [0.1, 0.15) is 11.0 Å². The SMILES string of the molecule is CC(C)(C)OC(=O)N1[C@@H](c2ccccc2)SC[C@H]1C(=O)[O-]. The predicted molar refractivity (Wildman–Crippen MR) is 78.5 cm³/mol. The van der Waals surface area contributed by atoms with E-state index in [-0.39, 0.29) is 5.37 Å². The van der Waals surface area contributed by atoms with Crippen LogP contribution in [0.15, 0.2) is 30.3 Å². The number of amides is 1. The van der Waals surface area contributed by atoms with Crippen LogP contribution in [0.3, 0.4) is 0 Å². The molecule has 1 heterocycles. The first-order chi connectivity index (χ1) is 9.79. The number of aliphatic carboxylic acids is 1. The van der Waals surface area contributed by atoms with Gasteiger partial charge in [0.05, 0.1) is 12.0 Å². The second kappa shape index (κ2) is 5.97. The Morgan fingerprint density at radius 2 is 1.90 bits per heavy atom. The van der Waals surface area contributed by atoms with Crippen molar-refractivity contribution < 1.29 is 19.4 Å². The maximum Gasteiger partial charge on any atom is 0.412 e. The van der Waals surface area contributed by atoms with E-state index in [0.717, 1.165) is 5.56 Å². The zero-order chi connectivity index (χ0) is 15.6. The van der Waals surface area contributed by atoms with Gasteiger partial charge in [-0.25, -0.2) is 4.79 Å². The molecule has 21 heavy (non-hydrogen) atoms. The van der Waals surface area contributed by atoms with Crippen LogP contribution in [0.4, 0.5) is 4.79 Å². The molecule has 6 heteroatoms. The zero-order valence-electron chi connectivity index (χ0n) is 12.2. The maximum absolute atomic E-state index is 12.4. The van der Waals surface area contributed by atoms with Crippen molar-refractivity contribution in [1.82, 2.24) is 4.90 Å². The van der Waals surface area contributed by atoms with Crippen LogP contribution in [0.2, 0.25) is 0 Å². The monoisotopic (exact) mass is 308 g/mol. The maximum atomic E-state index is 12.4. The quantitative estimate of drug-likeness (QED) is 0.833. The van der Waals surface area contributed by atoms with E-state index in [1.807, 2.05) is 30.3 Å². The number of carboxylic acids is 1. The van der Waals surface area contributed by atoms with E-state index < -0.39 is 23.7 Å². The Morgan fingerprint density at radius 3 is 2.43 bits per heavy atom. The normalized spacial score (nSPS) is 22.1. The molecule has 5 nitrogen and oxygen atoms in total. The minimum atomic E-state index is -1.26. The van der Waals surface area contributed by atoms with Gasteiger partial charge >= 0.3 is 6.09 Å². The summed E-state index contributed by atoms with van der Waals surface area (Å²) in [7, 11) is 0. The van der Waals surface area contributed by atoms with Crippen LogP contribution in [0, 0.1) is 0 Å². The van der Waals surface area contributed by atoms with Crippen molar-refractivity contribution in [3.8, 4) is 0 Å². The molecule has 0 N–H and O–H groups in total. The molecule has 1 fully saturated rings. The van der Waals surface area contributed by atoms with Gasteiger partial charge in [-0.15, -0.1) is 11.8 Å². The molecule has 0 unspecified atom stereocenters. The van der Waals surface area contributed by atoms with Crippen molar-refractivity contribution in [2.75, 3.05) is 5.75 Å². The molecule has 0 spiro atoms. The Kier molecular flexibility index (Phi) is 4.46. The Balaban J connectivity index is 2.29. The summed E-state index contributed by atoms with van der Waals surface area (Å²) in [4.78, 5) is 24.9. The van der Waals surface area contributed by atoms with Crippen LogP contribution in [-0.2, 0) is 9.53 Å². The number of nitrogens with zero attached hydrogens (tertiary/aromatic N) is 1. The lowest BCUT2D eigenvalue weighted by atomic mass is 10.2. The van der Waals surface area contributed by atoms with E-state index in [1.54, 1.807) is 20.8 Å². The minimum absolute atomic E-state index is 0.293. The summed E-state index contributed by atoms with van der Waals surface area (Å²) < 4.78 is 5.34. The van der Waals surface area contributed by atoms with E-state index in [1.165, 1.54) is 16.7 Å². The zero-order valence-corrected chi connectivity index (χ0v) is 13.1. The molecular weight excluding hydrogens is 290 g/mol. The highest BCUT2D eigenvalue weighted by molar-refractivity contribution is 7.99. The lowest BCUT2D eigenvalue weighted by molar-refractivity contribution is -0.310. The minimum Gasteiger partial charge on any atom is -0.548 e. The van der Waals surface area contributed by atoms with Crippen LogP contribution in [-0.4, -0.2) is 34.4 Å². The molecular formula is C15H18NO4S-. The summed E-state index contributed by atoms with van der Waals surface area (Å²) in [5.41, 5.74) is 0.194. The summed E-state index contributed by atoms with van der Waals surface area (Å²) in [5.74, 6) is -0.965. The summed E-state index contributed by atoms with van der Waals surface area (Å²) in [6.45, 7) is 5.25. The molecule has 2 rings (SSSR count). The molecule has 0 bridgehead atoms. The number of hydrogen-bond donors (Lipinski definition) is 0. The van der Waals surface area contributed by atoms with Crippen molar-refractivity contribution in [1.29, 1.82) is 0 Å². The lowest BCUT2D eigenvalue weighted by Crippen LogP contribution is -2.50. The van der Waals surface area contributed by atoms with Crippen molar-refractivity contribution in [2.24, 2.45) is 0 Å². The number of thioether (sulfide) groups is 1. The van der Waals surface area contributed by atoms with E-state index in [9.17, 15) is 14.7 Å². The predicted octanol–water partition coefficient (Wildman–Crippen LogP) is 1.79. The van der Waals surface area contributed by atoms with E-state index in [0.29, 0.717) is 5.75 Å². The topological polar surface area (TPSA) is 69.7 Å². The van der Waals surface area contributed by atoms with Gasteiger partial charge in [0.25, 0.3) is 0 Å². The molecule has 0 radical (unpaired) electrons. The molecule has 1 saturated heterocycles. The van der Waals surface area contributed by atoms with Gasteiger partial charge in [-0.1, -0.05) is 30.3 Å². The number of carbonyl (C=O) groups is 2. The highest BCUT2D eigenvalue weighted by Crippen LogP contribution is 2.41. The highest BCUT2D eigenvalue weighted by Gasteiger charge is 2.41. The molecule has 0 saturated carbocycles. The fourth-order valence-corrected chi connectivity index (χ4v) is 3.50. The third kappa shape index (κ3) is 3.69. The van der Waals surface area contributed by atoms with E-state index in [2.05, 4.69) is 0 Å². The smallest absolute Gasteiger partial charge is 0.412 e. The average molecular weight is 308 g/mol. The third-order valence-corrected chi connectivity index (χ3v) is 4.28. The Labute approximate surface area is 128 Å². The highest BCUT2D eigenvalue weighted by atomic mass is 32.2. The first-order valence-corrected chi connectivity index (χ1v) is 7.73. The van der Waals surface area contributed by atoms with Crippen molar-refractivity contribution in [3.05, 3.63) is 35.9 Å². The van der Waals surface area contributed by atoms with E-state index >= 15 is 0 Å². The van der Waals surface area contributed by atoms with Crippen LogP contribution < -0.4 is 5.11 Å². The fourth-order valence-electron chi connectivity index (χ4n) is 2.10. The number of rotatable bonds is 2. The van der Waals surface area contributed by atoms with Crippen LogP contribution in [0.1, 0.15) is 31.7 Å². The summed E-state index contributed by atoms with van der Waals surface area (Å²) in [6.07, 6.45) is -0.629. The molecule has 1 amide bonds. The largest absolute Gasteiger partial charge is 0.548 e. The Morgan fingerprint density at radius 1 is 1.29 bits per heavy atom. The van der Waals surface area contributed by atoms with Crippen LogP contribution in [0.5, 0.6) is 0 Å². The fraction of sp³-hybridized carbons (Fsp3) is 0.467. The molecule has 0 aliphatic carbocycles. The van der Waals surface area contributed by atoms with Crippen LogP contribution >= 0.6 is 11.8 Å². The Bertz CT molecular complexity index is 526. The molecule has 114 valence electrons. The number of hydrogen-bond acceptors (Lipinski definition) is 5. The molecule has 1 aliphatic rings. The van der Waals surface area contributed by atoms with Crippen LogP contribution in [0.25, 0.3) is 0 Å². The van der Waals surface area contributed by atoms with Gasteiger partial charge in [0, 0.05) is 5.75 Å². The standard InChI is InChI=1S/C15H19NO4S/c1-15(2,3)20-14(19)16-11(13(17)18)9-21-12(16)10-7-5-4-6-8-10/h4-8,11-12H,9H2,1-3H3,(H,17,18)/p-1/t11-,12+/m0/s1. The lowest BCUT2D eigenvalue weighted by Gasteiger charge is -2.32. The van der Waals surface area contributed by atoms with Gasteiger partial charge in [-0.05, 0) is 26.3 Å². The summed E-state index contributed by atoms with van der Waals surface area (Å²) >= 11 is 1.40. The number of carbonyl (C=O) groups excluding carboxylic acids is 2. The van der Waals surface area contributed by atoms with Crippen molar-refractivity contribution in [3.63, 3.8) is 0 Å². The second-order valence-electron chi connectivity index (χ2n) is 5.82. The molecule has 1 aromatic rings. The van der Waals surface area contributed by atoms with Gasteiger partial charge in [0.15, 0.2) is 0 Å². The first-order valence-electron chi connectivity index (χ1n) is 6.68. The summed E-state index contributed by atoms with van der Waals surface area (Å²) in [6, 6.07) is 8.34. The Hall–Kier alpha value is -1.69. The third-order valence-electron chi connectivity index (χ3n) is 2.96. The average Bonchev–Trinajstić information content (AvgIpc) is 2.82. The number of benzene rings is 1. The van der Waals surface area contributed by atoms with E-state index in [4.69, 9.17) is 4.74 Å².